The maximum atomic E-state index is 5.17. The highest BCUT2D eigenvalue weighted by atomic mass is 127. The lowest BCUT2D eigenvalue weighted by Crippen LogP contribution is -2.41. The zero-order chi connectivity index (χ0) is 17.5. The van der Waals surface area contributed by atoms with Gasteiger partial charge in [-0.25, -0.2) is 9.98 Å². The highest BCUT2D eigenvalue weighted by Crippen LogP contribution is 2.47. The standard InChI is InChI=1S/C20H26N4O.HI/c1-3-21-19(23-14-16-9-12-22-18(13-16)25-2)24-15-20(10-11-20)17-7-5-4-6-8-17;/h4-9,12-13H,3,10-11,14-15H2,1-2H3,(H2,21,23,24);1H. The fourth-order valence-electron chi connectivity index (χ4n) is 2.94. The number of rotatable bonds is 7. The summed E-state index contributed by atoms with van der Waals surface area (Å²) in [6.45, 7) is 4.41. The van der Waals surface area contributed by atoms with E-state index < -0.39 is 0 Å². The Labute approximate surface area is 172 Å². The van der Waals surface area contributed by atoms with Crippen LogP contribution in [-0.4, -0.2) is 31.1 Å². The molecule has 0 amide bonds. The molecule has 140 valence electrons. The molecule has 1 aromatic heterocycles. The summed E-state index contributed by atoms with van der Waals surface area (Å²) < 4.78 is 5.17. The first-order chi connectivity index (χ1) is 12.3. The van der Waals surface area contributed by atoms with Gasteiger partial charge in [-0.15, -0.1) is 24.0 Å². The Balaban J connectivity index is 0.00000243. The van der Waals surface area contributed by atoms with E-state index in [-0.39, 0.29) is 29.4 Å². The second kappa shape index (κ2) is 9.75. The van der Waals surface area contributed by atoms with Gasteiger partial charge < -0.3 is 15.4 Å². The summed E-state index contributed by atoms with van der Waals surface area (Å²) in [6.07, 6.45) is 4.20. The van der Waals surface area contributed by atoms with E-state index in [4.69, 9.17) is 9.73 Å². The summed E-state index contributed by atoms with van der Waals surface area (Å²) in [6, 6.07) is 14.6. The first-order valence-corrected chi connectivity index (χ1v) is 8.82. The number of aliphatic imine (C=N–C) groups is 1. The molecular weight excluding hydrogens is 439 g/mol. The third-order valence-corrected chi connectivity index (χ3v) is 4.61. The van der Waals surface area contributed by atoms with Gasteiger partial charge in [-0.3, -0.25) is 0 Å². The lowest BCUT2D eigenvalue weighted by atomic mass is 9.96. The number of hydrogen-bond acceptors (Lipinski definition) is 3. The first-order valence-electron chi connectivity index (χ1n) is 8.82. The molecule has 0 unspecified atom stereocenters. The van der Waals surface area contributed by atoms with Crippen LogP contribution in [0.25, 0.3) is 0 Å². The van der Waals surface area contributed by atoms with Crippen molar-refractivity contribution >= 4 is 29.9 Å². The fourth-order valence-corrected chi connectivity index (χ4v) is 2.94. The van der Waals surface area contributed by atoms with E-state index in [0.717, 1.165) is 24.6 Å². The van der Waals surface area contributed by atoms with Crippen LogP contribution in [-0.2, 0) is 12.0 Å². The molecule has 2 N–H and O–H groups in total. The molecule has 0 spiro atoms. The summed E-state index contributed by atoms with van der Waals surface area (Å²) in [4.78, 5) is 8.82. The highest BCUT2D eigenvalue weighted by molar-refractivity contribution is 14.0. The van der Waals surface area contributed by atoms with E-state index in [1.807, 2.05) is 12.1 Å². The molecule has 26 heavy (non-hydrogen) atoms. The summed E-state index contributed by atoms with van der Waals surface area (Å²) in [5.41, 5.74) is 2.75. The Morgan fingerprint density at radius 1 is 1.19 bits per heavy atom. The van der Waals surface area contributed by atoms with Crippen molar-refractivity contribution in [3.05, 3.63) is 59.8 Å². The van der Waals surface area contributed by atoms with Gasteiger partial charge in [-0.2, -0.15) is 0 Å². The summed E-state index contributed by atoms with van der Waals surface area (Å²) >= 11 is 0. The smallest absolute Gasteiger partial charge is 0.213 e. The number of pyridine rings is 1. The molecule has 0 aliphatic heterocycles. The third-order valence-electron chi connectivity index (χ3n) is 4.61. The topological polar surface area (TPSA) is 58.5 Å². The maximum Gasteiger partial charge on any atom is 0.213 e. The van der Waals surface area contributed by atoms with Crippen LogP contribution < -0.4 is 15.4 Å². The fraction of sp³-hybridized carbons (Fsp3) is 0.400. The van der Waals surface area contributed by atoms with Gasteiger partial charge in [0.25, 0.3) is 0 Å². The van der Waals surface area contributed by atoms with Gasteiger partial charge in [0.2, 0.25) is 5.88 Å². The van der Waals surface area contributed by atoms with E-state index in [9.17, 15) is 0 Å². The van der Waals surface area contributed by atoms with Gasteiger partial charge in [0.1, 0.15) is 0 Å². The van der Waals surface area contributed by atoms with Gasteiger partial charge in [0.15, 0.2) is 5.96 Å². The minimum atomic E-state index is 0. The Hall–Kier alpha value is -1.83. The second-order valence-electron chi connectivity index (χ2n) is 6.40. The lowest BCUT2D eigenvalue weighted by Gasteiger charge is -2.19. The zero-order valence-corrected chi connectivity index (χ0v) is 17.7. The Morgan fingerprint density at radius 3 is 2.62 bits per heavy atom. The van der Waals surface area contributed by atoms with Crippen molar-refractivity contribution in [2.24, 2.45) is 4.99 Å². The largest absolute Gasteiger partial charge is 0.481 e. The van der Waals surface area contributed by atoms with Crippen LogP contribution in [0.2, 0.25) is 0 Å². The van der Waals surface area contributed by atoms with Crippen LogP contribution in [0.1, 0.15) is 30.9 Å². The van der Waals surface area contributed by atoms with Crippen LogP contribution in [0.15, 0.2) is 53.7 Å². The number of nitrogens with zero attached hydrogens (tertiary/aromatic N) is 2. The molecule has 6 heteroatoms. The van der Waals surface area contributed by atoms with Crippen molar-refractivity contribution in [2.75, 3.05) is 20.2 Å². The molecular formula is C20H27IN4O. The minimum absolute atomic E-state index is 0. The predicted octanol–water partition coefficient (Wildman–Crippen LogP) is 3.50. The van der Waals surface area contributed by atoms with Crippen molar-refractivity contribution in [1.82, 2.24) is 15.6 Å². The van der Waals surface area contributed by atoms with Gasteiger partial charge in [-0.1, -0.05) is 30.3 Å². The Bertz CT molecular complexity index is 717. The molecule has 0 saturated heterocycles. The number of halogens is 1. The zero-order valence-electron chi connectivity index (χ0n) is 15.4. The van der Waals surface area contributed by atoms with E-state index in [0.29, 0.717) is 12.4 Å². The molecule has 1 aliphatic carbocycles. The van der Waals surface area contributed by atoms with Crippen molar-refractivity contribution in [3.8, 4) is 5.88 Å². The van der Waals surface area contributed by atoms with Gasteiger partial charge in [0.05, 0.1) is 13.7 Å². The van der Waals surface area contributed by atoms with Crippen LogP contribution in [0.3, 0.4) is 0 Å². The van der Waals surface area contributed by atoms with Crippen LogP contribution in [0.4, 0.5) is 0 Å². The molecule has 1 heterocycles. The van der Waals surface area contributed by atoms with Gasteiger partial charge in [-0.05, 0) is 37.0 Å². The van der Waals surface area contributed by atoms with Crippen molar-refractivity contribution in [1.29, 1.82) is 0 Å². The molecule has 1 fully saturated rings. The van der Waals surface area contributed by atoms with Gasteiger partial charge in [0, 0.05) is 30.8 Å². The first kappa shape index (κ1) is 20.5. The van der Waals surface area contributed by atoms with E-state index in [1.54, 1.807) is 13.3 Å². The SMILES string of the molecule is CCNC(=NCc1ccnc(OC)c1)NCC1(c2ccccc2)CC1.I. The molecule has 5 nitrogen and oxygen atoms in total. The quantitative estimate of drug-likeness (QED) is 0.373. The predicted molar refractivity (Wildman–Crippen MR) is 116 cm³/mol. The molecule has 0 bridgehead atoms. The Morgan fingerprint density at radius 2 is 1.96 bits per heavy atom. The van der Waals surface area contributed by atoms with Crippen molar-refractivity contribution in [2.45, 2.75) is 31.7 Å². The third kappa shape index (κ3) is 5.33. The maximum absolute atomic E-state index is 5.17. The number of guanidine groups is 1. The molecule has 3 rings (SSSR count). The summed E-state index contributed by atoms with van der Waals surface area (Å²) in [7, 11) is 1.62. The molecule has 1 saturated carbocycles. The van der Waals surface area contributed by atoms with Crippen molar-refractivity contribution in [3.63, 3.8) is 0 Å². The normalized spacial score (nSPS) is 14.9. The number of nitrogens with one attached hydrogen (secondary N) is 2. The lowest BCUT2D eigenvalue weighted by molar-refractivity contribution is 0.397. The number of ether oxygens (including phenoxy) is 1. The van der Waals surface area contributed by atoms with E-state index in [2.05, 4.69) is 52.9 Å². The average Bonchev–Trinajstić information content (AvgIpc) is 3.46. The molecule has 1 aliphatic rings. The van der Waals surface area contributed by atoms with Gasteiger partial charge >= 0.3 is 0 Å². The number of hydrogen-bond donors (Lipinski definition) is 2. The molecule has 1 aromatic carbocycles. The van der Waals surface area contributed by atoms with Crippen LogP contribution in [0, 0.1) is 0 Å². The van der Waals surface area contributed by atoms with Crippen molar-refractivity contribution < 1.29 is 4.74 Å². The molecule has 0 radical (unpaired) electrons. The number of benzene rings is 1. The molecule has 2 aromatic rings. The summed E-state index contributed by atoms with van der Waals surface area (Å²) in [5, 5.41) is 6.84. The minimum Gasteiger partial charge on any atom is -0.481 e. The second-order valence-corrected chi connectivity index (χ2v) is 6.40. The monoisotopic (exact) mass is 466 g/mol. The average molecular weight is 466 g/mol. The van der Waals surface area contributed by atoms with E-state index >= 15 is 0 Å². The van der Waals surface area contributed by atoms with E-state index in [1.165, 1.54) is 18.4 Å². The summed E-state index contributed by atoms with van der Waals surface area (Å²) in [5.74, 6) is 1.46. The molecule has 0 atom stereocenters. The highest BCUT2D eigenvalue weighted by Gasteiger charge is 2.43. The van der Waals surface area contributed by atoms with Crippen LogP contribution in [0.5, 0.6) is 5.88 Å². The Kier molecular flexibility index (Phi) is 7.68. The number of methoxy groups -OCH3 is 1. The number of aromatic nitrogens is 1. The van der Waals surface area contributed by atoms with Crippen LogP contribution >= 0.6 is 24.0 Å².